The molecule has 0 unspecified atom stereocenters. The molecule has 0 spiro atoms. The number of rotatable bonds is 5. The van der Waals surface area contributed by atoms with Crippen LogP contribution in [0.25, 0.3) is 0 Å². The van der Waals surface area contributed by atoms with Crippen LogP contribution < -0.4 is 14.2 Å². The minimum atomic E-state index is -3.81. The summed E-state index contributed by atoms with van der Waals surface area (Å²) < 4.78 is 38.1. The molecule has 0 amide bonds. The van der Waals surface area contributed by atoms with Gasteiger partial charge in [0.05, 0.1) is 29.8 Å². The molecule has 2 rings (SSSR count). The van der Waals surface area contributed by atoms with Crippen LogP contribution in [0.3, 0.4) is 0 Å². The maximum atomic E-state index is 12.6. The predicted molar refractivity (Wildman–Crippen MR) is 101 cm³/mol. The standard InChI is InChI=1S/C18H22ClNO4S/c1-18(2,3)12-6-8-15(14(19)10-12)20-25(21,22)13-7-9-16(23-4)17(11-13)24-5/h6-11,20H,1-5H3. The van der Waals surface area contributed by atoms with E-state index in [4.69, 9.17) is 21.1 Å². The van der Waals surface area contributed by atoms with Crippen molar-refractivity contribution in [3.8, 4) is 11.5 Å². The first-order valence-corrected chi connectivity index (χ1v) is 9.49. The molecule has 2 aromatic rings. The Morgan fingerprint density at radius 2 is 1.60 bits per heavy atom. The highest BCUT2D eigenvalue weighted by molar-refractivity contribution is 7.92. The number of hydrogen-bond donors (Lipinski definition) is 1. The molecule has 0 aliphatic heterocycles. The van der Waals surface area contributed by atoms with Crippen LogP contribution in [0.4, 0.5) is 5.69 Å². The van der Waals surface area contributed by atoms with E-state index in [0.717, 1.165) is 5.56 Å². The number of methoxy groups -OCH3 is 2. The molecule has 136 valence electrons. The molecule has 0 bridgehead atoms. The van der Waals surface area contributed by atoms with Crippen LogP contribution in [0.2, 0.25) is 5.02 Å². The molecule has 25 heavy (non-hydrogen) atoms. The van der Waals surface area contributed by atoms with Crippen molar-refractivity contribution >= 4 is 27.3 Å². The molecule has 0 atom stereocenters. The third-order valence-electron chi connectivity index (χ3n) is 3.74. The van der Waals surface area contributed by atoms with Crippen molar-refractivity contribution in [2.24, 2.45) is 0 Å². The molecule has 0 fully saturated rings. The van der Waals surface area contributed by atoms with E-state index in [0.29, 0.717) is 22.2 Å². The van der Waals surface area contributed by atoms with Gasteiger partial charge < -0.3 is 9.47 Å². The molecule has 0 aromatic heterocycles. The predicted octanol–water partition coefficient (Wildman–Crippen LogP) is 4.46. The van der Waals surface area contributed by atoms with E-state index >= 15 is 0 Å². The summed E-state index contributed by atoms with van der Waals surface area (Å²) in [4.78, 5) is 0.0566. The number of nitrogens with one attached hydrogen (secondary N) is 1. The van der Waals surface area contributed by atoms with E-state index in [9.17, 15) is 8.42 Å². The Morgan fingerprint density at radius 3 is 2.12 bits per heavy atom. The molecule has 5 nitrogen and oxygen atoms in total. The summed E-state index contributed by atoms with van der Waals surface area (Å²) in [6.45, 7) is 6.18. The SMILES string of the molecule is COc1ccc(S(=O)(=O)Nc2ccc(C(C)(C)C)cc2Cl)cc1OC. The van der Waals surface area contributed by atoms with Crippen LogP contribution in [0.5, 0.6) is 11.5 Å². The lowest BCUT2D eigenvalue weighted by Crippen LogP contribution is -2.15. The van der Waals surface area contributed by atoms with Crippen molar-refractivity contribution in [1.82, 2.24) is 0 Å². The van der Waals surface area contributed by atoms with Gasteiger partial charge >= 0.3 is 0 Å². The van der Waals surface area contributed by atoms with Gasteiger partial charge in [-0.1, -0.05) is 38.4 Å². The summed E-state index contributed by atoms with van der Waals surface area (Å²) >= 11 is 6.26. The highest BCUT2D eigenvalue weighted by atomic mass is 35.5. The Hall–Kier alpha value is -1.92. The molecule has 0 heterocycles. The average Bonchev–Trinajstić information content (AvgIpc) is 2.54. The Kier molecular flexibility index (Phi) is 5.54. The summed E-state index contributed by atoms with van der Waals surface area (Å²) in [5.74, 6) is 0.786. The second-order valence-corrected chi connectivity index (χ2v) is 8.66. The highest BCUT2D eigenvalue weighted by Gasteiger charge is 2.20. The van der Waals surface area contributed by atoms with Crippen LogP contribution >= 0.6 is 11.6 Å². The molecule has 7 heteroatoms. The van der Waals surface area contributed by atoms with E-state index in [2.05, 4.69) is 25.5 Å². The number of benzene rings is 2. The summed E-state index contributed by atoms with van der Waals surface area (Å²) in [5, 5.41) is 0.344. The monoisotopic (exact) mass is 383 g/mol. The fraction of sp³-hybridized carbons (Fsp3) is 0.333. The lowest BCUT2D eigenvalue weighted by Gasteiger charge is -2.20. The Labute approximate surface area is 154 Å². The third kappa shape index (κ3) is 4.38. The minimum absolute atomic E-state index is 0.0566. The van der Waals surface area contributed by atoms with Crippen LogP contribution in [0.15, 0.2) is 41.3 Å². The second kappa shape index (κ2) is 7.14. The van der Waals surface area contributed by atoms with Crippen molar-refractivity contribution in [2.45, 2.75) is 31.1 Å². The van der Waals surface area contributed by atoms with Gasteiger partial charge in [-0.25, -0.2) is 8.42 Å². The first kappa shape index (κ1) is 19.4. The maximum Gasteiger partial charge on any atom is 0.262 e. The van der Waals surface area contributed by atoms with Crippen molar-refractivity contribution < 1.29 is 17.9 Å². The van der Waals surface area contributed by atoms with Gasteiger partial charge in [-0.15, -0.1) is 0 Å². The van der Waals surface area contributed by atoms with Gasteiger partial charge in [-0.2, -0.15) is 0 Å². The van der Waals surface area contributed by atoms with Crippen LogP contribution in [-0.4, -0.2) is 22.6 Å². The topological polar surface area (TPSA) is 64.6 Å². The normalized spacial score (nSPS) is 11.9. The molecule has 0 saturated heterocycles. The largest absolute Gasteiger partial charge is 0.493 e. The van der Waals surface area contributed by atoms with E-state index in [-0.39, 0.29) is 10.3 Å². The van der Waals surface area contributed by atoms with Crippen LogP contribution in [-0.2, 0) is 15.4 Å². The van der Waals surface area contributed by atoms with Crippen molar-refractivity contribution in [2.75, 3.05) is 18.9 Å². The Bertz CT molecular complexity index is 873. The number of ether oxygens (including phenoxy) is 2. The molecule has 1 N–H and O–H groups in total. The zero-order valence-corrected chi connectivity index (χ0v) is 16.5. The highest BCUT2D eigenvalue weighted by Crippen LogP contribution is 2.33. The van der Waals surface area contributed by atoms with Crippen LogP contribution in [0, 0.1) is 0 Å². The molecular formula is C18H22ClNO4S. The molecule has 0 aliphatic rings. The number of halogens is 1. The summed E-state index contributed by atoms with van der Waals surface area (Å²) in [5.41, 5.74) is 1.26. The smallest absolute Gasteiger partial charge is 0.262 e. The minimum Gasteiger partial charge on any atom is -0.493 e. The fourth-order valence-electron chi connectivity index (χ4n) is 2.25. The van der Waals surface area contributed by atoms with E-state index < -0.39 is 10.0 Å². The summed E-state index contributed by atoms with van der Waals surface area (Å²) in [7, 11) is -0.877. The third-order valence-corrected chi connectivity index (χ3v) is 5.42. The van der Waals surface area contributed by atoms with E-state index in [1.54, 1.807) is 12.1 Å². The van der Waals surface area contributed by atoms with Crippen molar-refractivity contribution in [1.29, 1.82) is 0 Å². The maximum absolute atomic E-state index is 12.6. The average molecular weight is 384 g/mol. The molecule has 0 aliphatic carbocycles. The molecular weight excluding hydrogens is 362 g/mol. The first-order chi connectivity index (χ1) is 11.6. The van der Waals surface area contributed by atoms with Gasteiger partial charge in [0, 0.05) is 6.07 Å². The van der Waals surface area contributed by atoms with E-state index in [1.165, 1.54) is 32.4 Å². The van der Waals surface area contributed by atoms with Crippen molar-refractivity contribution in [3.63, 3.8) is 0 Å². The lowest BCUT2D eigenvalue weighted by atomic mass is 9.87. The zero-order chi connectivity index (χ0) is 18.8. The van der Waals surface area contributed by atoms with Gasteiger partial charge in [0.15, 0.2) is 11.5 Å². The van der Waals surface area contributed by atoms with Gasteiger partial charge in [0.1, 0.15) is 0 Å². The number of anilines is 1. The van der Waals surface area contributed by atoms with Crippen LogP contribution in [0.1, 0.15) is 26.3 Å². The van der Waals surface area contributed by atoms with Gasteiger partial charge in [-0.3, -0.25) is 4.72 Å². The lowest BCUT2D eigenvalue weighted by molar-refractivity contribution is 0.354. The number of hydrogen-bond acceptors (Lipinski definition) is 4. The molecule has 0 saturated carbocycles. The zero-order valence-electron chi connectivity index (χ0n) is 14.9. The Balaban J connectivity index is 2.36. The second-order valence-electron chi connectivity index (χ2n) is 6.57. The van der Waals surface area contributed by atoms with Gasteiger partial charge in [0.25, 0.3) is 10.0 Å². The summed E-state index contributed by atoms with van der Waals surface area (Å²) in [6, 6.07) is 9.69. The quantitative estimate of drug-likeness (QED) is 0.828. The van der Waals surface area contributed by atoms with Crippen molar-refractivity contribution in [3.05, 3.63) is 47.0 Å². The number of sulfonamides is 1. The summed E-state index contributed by atoms with van der Waals surface area (Å²) in [6.07, 6.45) is 0. The molecule has 0 radical (unpaired) electrons. The first-order valence-electron chi connectivity index (χ1n) is 7.63. The fourth-order valence-corrected chi connectivity index (χ4v) is 3.63. The molecule has 2 aromatic carbocycles. The van der Waals surface area contributed by atoms with E-state index in [1.807, 2.05) is 6.07 Å². The Morgan fingerprint density at radius 1 is 0.960 bits per heavy atom. The van der Waals surface area contributed by atoms with Gasteiger partial charge in [-0.05, 0) is 35.2 Å². The van der Waals surface area contributed by atoms with Gasteiger partial charge in [0.2, 0.25) is 0 Å².